The van der Waals surface area contributed by atoms with Gasteiger partial charge in [0.25, 0.3) is 0 Å². The van der Waals surface area contributed by atoms with Crippen molar-refractivity contribution >= 4 is 11.9 Å². The van der Waals surface area contributed by atoms with Crippen LogP contribution >= 0.6 is 0 Å². The third kappa shape index (κ3) is 3.53. The molecule has 2 aromatic carbocycles. The second kappa shape index (κ2) is 6.51. The van der Waals surface area contributed by atoms with Gasteiger partial charge in [0.1, 0.15) is 6.07 Å². The highest BCUT2D eigenvalue weighted by molar-refractivity contribution is 5.82. The molecule has 0 bridgehead atoms. The van der Waals surface area contributed by atoms with Gasteiger partial charge >= 0.3 is 0 Å². The minimum atomic E-state index is 0.598. The normalized spacial score (nSPS) is 10.5. The Labute approximate surface area is 114 Å². The fraction of sp³-hybridized carbons (Fsp3) is 0.176. The van der Waals surface area contributed by atoms with E-state index >= 15 is 0 Å². The second-order valence-electron chi connectivity index (χ2n) is 4.38. The number of benzene rings is 2. The number of aliphatic imine (C=N–C) groups is 1. The first-order chi connectivity index (χ1) is 9.33. The molecule has 0 aliphatic rings. The quantitative estimate of drug-likeness (QED) is 0.744. The standard InChI is InChI=1S/C17H16N2/c1-2-5-14-8-10-15(11-9-14)13-19-17-7-4-3-6-16(17)12-18/h3-4,6-11,13H,2,5H2,1H3. The minimum absolute atomic E-state index is 0.598. The molecule has 0 aromatic heterocycles. The zero-order chi connectivity index (χ0) is 13.5. The van der Waals surface area contributed by atoms with E-state index in [1.807, 2.05) is 18.2 Å². The van der Waals surface area contributed by atoms with Crippen LogP contribution < -0.4 is 0 Å². The summed E-state index contributed by atoms with van der Waals surface area (Å²) in [6.45, 7) is 2.17. The molecule has 0 fully saturated rings. The maximum atomic E-state index is 8.99. The van der Waals surface area contributed by atoms with Gasteiger partial charge in [0.05, 0.1) is 11.3 Å². The molecule has 0 spiro atoms. The molecule has 2 nitrogen and oxygen atoms in total. The summed E-state index contributed by atoms with van der Waals surface area (Å²) in [5.74, 6) is 0. The molecule has 0 N–H and O–H groups in total. The largest absolute Gasteiger partial charge is 0.255 e. The van der Waals surface area contributed by atoms with Gasteiger partial charge in [0, 0.05) is 6.21 Å². The van der Waals surface area contributed by atoms with Gasteiger partial charge in [0.2, 0.25) is 0 Å². The van der Waals surface area contributed by atoms with E-state index in [9.17, 15) is 0 Å². The van der Waals surface area contributed by atoms with Crippen LogP contribution in [-0.2, 0) is 6.42 Å². The van der Waals surface area contributed by atoms with Crippen LogP contribution in [0.25, 0.3) is 0 Å². The van der Waals surface area contributed by atoms with Crippen molar-refractivity contribution in [3.05, 3.63) is 65.2 Å². The van der Waals surface area contributed by atoms with Crippen molar-refractivity contribution in [1.82, 2.24) is 0 Å². The maximum Gasteiger partial charge on any atom is 0.101 e. The first-order valence-electron chi connectivity index (χ1n) is 6.45. The molecule has 0 saturated heterocycles. The monoisotopic (exact) mass is 248 g/mol. The Bertz CT molecular complexity index is 604. The summed E-state index contributed by atoms with van der Waals surface area (Å²) >= 11 is 0. The van der Waals surface area contributed by atoms with Gasteiger partial charge in [-0.05, 0) is 29.7 Å². The first-order valence-corrected chi connectivity index (χ1v) is 6.45. The Morgan fingerprint density at radius 1 is 1.11 bits per heavy atom. The van der Waals surface area contributed by atoms with Gasteiger partial charge in [-0.25, -0.2) is 0 Å². The third-order valence-electron chi connectivity index (χ3n) is 2.90. The molecule has 0 aliphatic heterocycles. The van der Waals surface area contributed by atoms with Crippen LogP contribution in [0.4, 0.5) is 5.69 Å². The molecule has 19 heavy (non-hydrogen) atoms. The van der Waals surface area contributed by atoms with Crippen molar-refractivity contribution in [2.24, 2.45) is 4.99 Å². The van der Waals surface area contributed by atoms with Crippen molar-refractivity contribution < 1.29 is 0 Å². The number of rotatable bonds is 4. The van der Waals surface area contributed by atoms with E-state index in [-0.39, 0.29) is 0 Å². The number of nitriles is 1. The highest BCUT2D eigenvalue weighted by Crippen LogP contribution is 2.17. The van der Waals surface area contributed by atoms with E-state index in [0.29, 0.717) is 11.3 Å². The van der Waals surface area contributed by atoms with Crippen LogP contribution in [-0.4, -0.2) is 6.21 Å². The molecular weight excluding hydrogens is 232 g/mol. The molecule has 2 aromatic rings. The third-order valence-corrected chi connectivity index (χ3v) is 2.90. The van der Waals surface area contributed by atoms with Crippen molar-refractivity contribution in [3.8, 4) is 6.07 Å². The van der Waals surface area contributed by atoms with E-state index in [0.717, 1.165) is 18.4 Å². The number of aryl methyl sites for hydroxylation is 1. The van der Waals surface area contributed by atoms with E-state index in [2.05, 4.69) is 42.3 Å². The van der Waals surface area contributed by atoms with Crippen molar-refractivity contribution in [2.75, 3.05) is 0 Å². The molecule has 0 saturated carbocycles. The Hall–Kier alpha value is -2.40. The second-order valence-corrected chi connectivity index (χ2v) is 4.38. The predicted molar refractivity (Wildman–Crippen MR) is 78.8 cm³/mol. The molecule has 2 heteroatoms. The van der Waals surface area contributed by atoms with Gasteiger partial charge in [-0.15, -0.1) is 0 Å². The van der Waals surface area contributed by atoms with Gasteiger partial charge in [0.15, 0.2) is 0 Å². The number of nitrogens with zero attached hydrogens (tertiary/aromatic N) is 2. The fourth-order valence-corrected chi connectivity index (χ4v) is 1.88. The van der Waals surface area contributed by atoms with Crippen LogP contribution in [0.15, 0.2) is 53.5 Å². The molecule has 0 unspecified atom stereocenters. The number of para-hydroxylation sites is 1. The zero-order valence-electron chi connectivity index (χ0n) is 11.0. The summed E-state index contributed by atoms with van der Waals surface area (Å²) < 4.78 is 0. The summed E-state index contributed by atoms with van der Waals surface area (Å²) in [4.78, 5) is 4.38. The van der Waals surface area contributed by atoms with Crippen LogP contribution in [0.1, 0.15) is 30.0 Å². The Balaban J connectivity index is 2.16. The Morgan fingerprint density at radius 2 is 1.84 bits per heavy atom. The summed E-state index contributed by atoms with van der Waals surface area (Å²) in [6.07, 6.45) is 4.06. The van der Waals surface area contributed by atoms with Crippen molar-refractivity contribution in [2.45, 2.75) is 19.8 Å². The molecule has 0 atom stereocenters. The van der Waals surface area contributed by atoms with Crippen LogP contribution in [0, 0.1) is 11.3 Å². The first kappa shape index (κ1) is 13.0. The van der Waals surface area contributed by atoms with Gasteiger partial charge in [-0.1, -0.05) is 49.7 Å². The number of hydrogen-bond acceptors (Lipinski definition) is 2. The average molecular weight is 248 g/mol. The molecule has 2 rings (SSSR count). The lowest BCUT2D eigenvalue weighted by atomic mass is 10.1. The molecule has 94 valence electrons. The van der Waals surface area contributed by atoms with Crippen LogP contribution in [0.2, 0.25) is 0 Å². The average Bonchev–Trinajstić information content (AvgIpc) is 2.47. The highest BCUT2D eigenvalue weighted by Gasteiger charge is 1.97. The van der Waals surface area contributed by atoms with Gasteiger partial charge in [-0.2, -0.15) is 5.26 Å². The van der Waals surface area contributed by atoms with E-state index in [1.54, 1.807) is 12.3 Å². The summed E-state index contributed by atoms with van der Waals surface area (Å²) in [7, 11) is 0. The lowest BCUT2D eigenvalue weighted by Crippen LogP contribution is -1.85. The van der Waals surface area contributed by atoms with Gasteiger partial charge in [-0.3, -0.25) is 4.99 Å². The molecular formula is C17H16N2. The molecule has 0 aliphatic carbocycles. The molecule has 0 heterocycles. The summed E-state index contributed by atoms with van der Waals surface area (Å²) in [6, 6.07) is 17.9. The number of hydrogen-bond donors (Lipinski definition) is 0. The molecule has 0 amide bonds. The van der Waals surface area contributed by atoms with Crippen LogP contribution in [0.3, 0.4) is 0 Å². The predicted octanol–water partition coefficient (Wildman–Crippen LogP) is 4.26. The maximum absolute atomic E-state index is 8.99. The zero-order valence-corrected chi connectivity index (χ0v) is 11.0. The lowest BCUT2D eigenvalue weighted by molar-refractivity contribution is 0.922. The lowest BCUT2D eigenvalue weighted by Gasteiger charge is -1.99. The minimum Gasteiger partial charge on any atom is -0.255 e. The highest BCUT2D eigenvalue weighted by atomic mass is 14.7. The smallest absolute Gasteiger partial charge is 0.101 e. The summed E-state index contributed by atoms with van der Waals surface area (Å²) in [5, 5.41) is 8.99. The van der Waals surface area contributed by atoms with Crippen molar-refractivity contribution in [3.63, 3.8) is 0 Å². The Kier molecular flexibility index (Phi) is 4.47. The summed E-state index contributed by atoms with van der Waals surface area (Å²) in [5.41, 5.74) is 3.70. The topological polar surface area (TPSA) is 36.1 Å². The molecule has 0 radical (unpaired) electrons. The Morgan fingerprint density at radius 3 is 2.53 bits per heavy atom. The SMILES string of the molecule is CCCc1ccc(C=Nc2ccccc2C#N)cc1. The fourth-order valence-electron chi connectivity index (χ4n) is 1.88. The van der Waals surface area contributed by atoms with Crippen LogP contribution in [0.5, 0.6) is 0 Å². The van der Waals surface area contributed by atoms with E-state index in [1.165, 1.54) is 5.56 Å². The van der Waals surface area contributed by atoms with E-state index < -0.39 is 0 Å². The van der Waals surface area contributed by atoms with Crippen molar-refractivity contribution in [1.29, 1.82) is 5.26 Å². The van der Waals surface area contributed by atoms with E-state index in [4.69, 9.17) is 5.26 Å². The van der Waals surface area contributed by atoms with Gasteiger partial charge < -0.3 is 0 Å².